The first-order valence-electron chi connectivity index (χ1n) is 9.63. The second kappa shape index (κ2) is 7.51. The zero-order chi connectivity index (χ0) is 20.6. The summed E-state index contributed by atoms with van der Waals surface area (Å²) in [4.78, 5) is 24.3. The maximum atomic E-state index is 12.6. The summed E-state index contributed by atoms with van der Waals surface area (Å²) in [7, 11) is -4.02. The number of aryl methyl sites for hydroxylation is 1. The quantitative estimate of drug-likeness (QED) is 0.613. The van der Waals surface area contributed by atoms with Crippen LogP contribution in [0.15, 0.2) is 42.5 Å². The Morgan fingerprint density at radius 1 is 1.21 bits per heavy atom. The lowest BCUT2D eigenvalue weighted by molar-refractivity contribution is -0.117. The van der Waals surface area contributed by atoms with Crippen molar-refractivity contribution in [2.75, 3.05) is 10.8 Å². The fraction of sp³-hybridized carbons (Fsp3) is 0.333. The van der Waals surface area contributed by atoms with E-state index in [1.165, 1.54) is 0 Å². The van der Waals surface area contributed by atoms with E-state index in [2.05, 4.69) is 6.92 Å². The average Bonchev–Trinajstić information content (AvgIpc) is 2.99. The summed E-state index contributed by atoms with van der Waals surface area (Å²) in [6, 6.07) is 12.0. The van der Waals surface area contributed by atoms with Gasteiger partial charge in [-0.25, -0.2) is 13.8 Å². The van der Waals surface area contributed by atoms with Gasteiger partial charge in [0.25, 0.3) is 5.91 Å². The molecule has 2 aromatic carbocycles. The van der Waals surface area contributed by atoms with Crippen molar-refractivity contribution in [3.8, 4) is 5.75 Å². The number of hydrogen-bond acceptors (Lipinski definition) is 5. The molecule has 4 rings (SSSR count). The van der Waals surface area contributed by atoms with Gasteiger partial charge in [-0.3, -0.25) is 4.79 Å². The summed E-state index contributed by atoms with van der Waals surface area (Å²) in [5.74, 6) is -0.518. The third-order valence-corrected chi connectivity index (χ3v) is 6.88. The van der Waals surface area contributed by atoms with Crippen molar-refractivity contribution in [1.29, 1.82) is 0 Å². The number of ether oxygens (including phenoxy) is 1. The highest BCUT2D eigenvalue weighted by Crippen LogP contribution is 2.39. The molecule has 1 atom stereocenters. The Kier molecular flexibility index (Phi) is 5.04. The molecule has 1 aliphatic carbocycles. The number of hydrogen-bond donors (Lipinski definition) is 1. The largest absolute Gasteiger partial charge is 0.421 e. The fourth-order valence-corrected chi connectivity index (χ4v) is 5.02. The van der Waals surface area contributed by atoms with Crippen LogP contribution in [-0.2, 0) is 27.8 Å². The molecule has 1 saturated heterocycles. The highest BCUT2D eigenvalue weighted by molar-refractivity contribution is 7.92. The number of anilines is 1. The molecule has 0 bridgehead atoms. The molecule has 1 unspecified atom stereocenters. The van der Waals surface area contributed by atoms with Gasteiger partial charge in [-0.15, -0.1) is 0 Å². The molecule has 29 heavy (non-hydrogen) atoms. The Hall–Kier alpha value is -2.87. The van der Waals surface area contributed by atoms with E-state index in [1.807, 2.05) is 4.72 Å². The van der Waals surface area contributed by atoms with Crippen molar-refractivity contribution in [2.24, 2.45) is 5.92 Å². The number of benzene rings is 2. The molecule has 1 aliphatic heterocycles. The van der Waals surface area contributed by atoms with Crippen molar-refractivity contribution in [2.45, 2.75) is 32.6 Å². The van der Waals surface area contributed by atoms with E-state index in [0.717, 1.165) is 41.1 Å². The van der Waals surface area contributed by atoms with Gasteiger partial charge in [-0.2, -0.15) is 8.42 Å². The van der Waals surface area contributed by atoms with E-state index in [4.69, 9.17) is 4.74 Å². The molecule has 0 saturated carbocycles. The average molecular weight is 414 g/mol. The number of nitrogens with zero attached hydrogens (tertiary/aromatic N) is 1. The van der Waals surface area contributed by atoms with Gasteiger partial charge in [-0.1, -0.05) is 31.5 Å². The maximum Gasteiger partial charge on any atom is 0.343 e. The van der Waals surface area contributed by atoms with Gasteiger partial charge in [0.2, 0.25) is 0 Å². The summed E-state index contributed by atoms with van der Waals surface area (Å²) in [6.07, 6.45) is 3.76. The monoisotopic (exact) mass is 414 g/mol. The second-order valence-electron chi connectivity index (χ2n) is 7.40. The summed E-state index contributed by atoms with van der Waals surface area (Å²) >= 11 is 0. The summed E-state index contributed by atoms with van der Waals surface area (Å²) in [5.41, 5.74) is 2.65. The highest BCUT2D eigenvalue weighted by atomic mass is 32.2. The SMILES string of the molecule is CCC1CCc2cc(OC(=O)c3ccccc3)c(N3CC(=O)NS3(=O)=O)cc2C1. The van der Waals surface area contributed by atoms with Crippen molar-refractivity contribution in [1.82, 2.24) is 4.72 Å². The number of amides is 1. The number of rotatable bonds is 4. The molecule has 0 spiro atoms. The summed E-state index contributed by atoms with van der Waals surface area (Å²) in [6.45, 7) is 1.80. The molecule has 1 heterocycles. The zero-order valence-corrected chi connectivity index (χ0v) is 16.9. The van der Waals surface area contributed by atoms with E-state index < -0.39 is 22.1 Å². The maximum absolute atomic E-state index is 12.6. The van der Waals surface area contributed by atoms with E-state index in [-0.39, 0.29) is 18.0 Å². The van der Waals surface area contributed by atoms with Crippen molar-refractivity contribution < 1.29 is 22.7 Å². The summed E-state index contributed by atoms with van der Waals surface area (Å²) < 4.78 is 33.4. The molecule has 2 aromatic rings. The Bertz CT molecular complexity index is 1070. The first kappa shape index (κ1) is 19.4. The Balaban J connectivity index is 1.77. The van der Waals surface area contributed by atoms with E-state index in [1.54, 1.807) is 42.5 Å². The summed E-state index contributed by atoms with van der Waals surface area (Å²) in [5, 5.41) is 0. The Morgan fingerprint density at radius 3 is 2.62 bits per heavy atom. The molecule has 152 valence electrons. The van der Waals surface area contributed by atoms with Crippen LogP contribution in [0.5, 0.6) is 5.75 Å². The van der Waals surface area contributed by atoms with E-state index in [9.17, 15) is 18.0 Å². The van der Waals surface area contributed by atoms with Crippen LogP contribution in [0.3, 0.4) is 0 Å². The van der Waals surface area contributed by atoms with Crippen LogP contribution in [0.25, 0.3) is 0 Å². The molecular formula is C21H22N2O5S. The van der Waals surface area contributed by atoms with Crippen LogP contribution in [0.1, 0.15) is 41.3 Å². The number of esters is 1. The zero-order valence-electron chi connectivity index (χ0n) is 16.1. The number of carbonyl (C=O) groups excluding carboxylic acids is 2. The minimum absolute atomic E-state index is 0.146. The lowest BCUT2D eigenvalue weighted by atomic mass is 9.82. The predicted molar refractivity (Wildman–Crippen MR) is 108 cm³/mol. The number of carbonyl (C=O) groups is 2. The van der Waals surface area contributed by atoms with Crippen molar-refractivity contribution in [3.05, 3.63) is 59.2 Å². The van der Waals surface area contributed by atoms with Gasteiger partial charge < -0.3 is 4.74 Å². The fourth-order valence-electron chi connectivity index (χ4n) is 3.87. The molecular weight excluding hydrogens is 392 g/mol. The second-order valence-corrected chi connectivity index (χ2v) is 8.99. The molecule has 0 radical (unpaired) electrons. The lowest BCUT2D eigenvalue weighted by Gasteiger charge is -2.27. The number of nitrogens with one attached hydrogen (secondary N) is 1. The van der Waals surface area contributed by atoms with Gasteiger partial charge in [-0.05, 0) is 60.6 Å². The topological polar surface area (TPSA) is 92.8 Å². The first-order valence-corrected chi connectivity index (χ1v) is 11.1. The molecule has 1 fully saturated rings. The van der Waals surface area contributed by atoms with Crippen LogP contribution >= 0.6 is 0 Å². The van der Waals surface area contributed by atoms with Crippen LogP contribution in [0, 0.1) is 5.92 Å². The Labute approximate surface area is 169 Å². The van der Waals surface area contributed by atoms with E-state index >= 15 is 0 Å². The first-order chi connectivity index (χ1) is 13.9. The van der Waals surface area contributed by atoms with Crippen molar-refractivity contribution in [3.63, 3.8) is 0 Å². The van der Waals surface area contributed by atoms with Gasteiger partial charge >= 0.3 is 16.2 Å². The van der Waals surface area contributed by atoms with Gasteiger partial charge in [0.15, 0.2) is 5.75 Å². The van der Waals surface area contributed by atoms with Gasteiger partial charge in [0.1, 0.15) is 6.54 Å². The minimum atomic E-state index is -4.02. The van der Waals surface area contributed by atoms with Crippen LogP contribution in [0.4, 0.5) is 5.69 Å². The molecule has 2 aliphatic rings. The van der Waals surface area contributed by atoms with E-state index in [0.29, 0.717) is 11.5 Å². The standard InChI is InChI=1S/C21H22N2O5S/c1-2-14-8-9-16-12-19(28-21(25)15-6-4-3-5-7-15)18(11-17(16)10-14)23-13-20(24)22-29(23,26)27/h3-7,11-12,14H,2,8-10,13H2,1H3,(H,22,24). The molecule has 1 N–H and O–H groups in total. The molecule has 1 amide bonds. The van der Waals surface area contributed by atoms with Gasteiger partial charge in [0.05, 0.1) is 11.3 Å². The minimum Gasteiger partial charge on any atom is -0.421 e. The third kappa shape index (κ3) is 3.85. The van der Waals surface area contributed by atoms with Crippen LogP contribution < -0.4 is 13.8 Å². The molecule has 0 aromatic heterocycles. The lowest BCUT2D eigenvalue weighted by Crippen LogP contribution is -2.30. The van der Waals surface area contributed by atoms with Crippen LogP contribution in [0.2, 0.25) is 0 Å². The van der Waals surface area contributed by atoms with Crippen LogP contribution in [-0.4, -0.2) is 26.8 Å². The van der Waals surface area contributed by atoms with Gasteiger partial charge in [0, 0.05) is 0 Å². The number of fused-ring (bicyclic) bond motifs is 1. The third-order valence-electron chi connectivity index (χ3n) is 5.49. The highest BCUT2D eigenvalue weighted by Gasteiger charge is 2.37. The molecule has 8 heteroatoms. The predicted octanol–water partition coefficient (Wildman–Crippen LogP) is 2.60. The molecule has 7 nitrogen and oxygen atoms in total. The van der Waals surface area contributed by atoms with Crippen molar-refractivity contribution >= 4 is 27.8 Å². The Morgan fingerprint density at radius 2 is 1.97 bits per heavy atom. The normalized spacial score (nSPS) is 20.1. The smallest absolute Gasteiger partial charge is 0.343 e.